The molecule has 0 saturated heterocycles. The average Bonchev–Trinajstić information content (AvgIpc) is 2.01. The lowest BCUT2D eigenvalue weighted by atomic mass is 10.2. The van der Waals surface area contributed by atoms with Crippen molar-refractivity contribution in [1.82, 2.24) is 9.97 Å². The quantitative estimate of drug-likeness (QED) is 0.800. The molecular weight excluding hydrogens is 180 g/mol. The number of hydrogen-bond acceptors (Lipinski definition) is 3. The minimum absolute atomic E-state index is 0.0318. The maximum absolute atomic E-state index is 11.2. The molecule has 1 rings (SSSR count). The Morgan fingerprint density at radius 2 is 2.00 bits per heavy atom. The van der Waals surface area contributed by atoms with Crippen molar-refractivity contribution in [3.8, 4) is 5.88 Å². The molecule has 0 radical (unpaired) electrons. The molecule has 1 aromatic rings. The molecule has 0 saturated carbocycles. The maximum Gasteiger partial charge on any atom is 0.254 e. The highest BCUT2D eigenvalue weighted by molar-refractivity contribution is 5.10. The highest BCUT2D eigenvalue weighted by Gasteiger charge is 2.06. The van der Waals surface area contributed by atoms with Crippen LogP contribution in [0.2, 0.25) is 0 Å². The summed E-state index contributed by atoms with van der Waals surface area (Å²) in [5.74, 6) is 1.25. The highest BCUT2D eigenvalue weighted by atomic mass is 16.5. The Bertz CT molecular complexity index is 355. The maximum atomic E-state index is 11.2. The van der Waals surface area contributed by atoms with Gasteiger partial charge in [-0.05, 0) is 13.8 Å². The molecule has 1 N–H and O–H groups in total. The van der Waals surface area contributed by atoms with Gasteiger partial charge in [0.1, 0.15) is 5.82 Å². The van der Waals surface area contributed by atoms with Crippen molar-refractivity contribution < 1.29 is 4.74 Å². The largest absolute Gasteiger partial charge is 0.475 e. The first-order valence-electron chi connectivity index (χ1n) is 4.77. The van der Waals surface area contributed by atoms with Crippen molar-refractivity contribution >= 4 is 0 Å². The van der Waals surface area contributed by atoms with Crippen molar-refractivity contribution in [3.05, 3.63) is 22.2 Å². The Balaban J connectivity index is 3.01. The van der Waals surface area contributed by atoms with E-state index in [0.29, 0.717) is 11.7 Å². The smallest absolute Gasteiger partial charge is 0.254 e. The predicted molar refractivity (Wildman–Crippen MR) is 54.7 cm³/mol. The van der Waals surface area contributed by atoms with E-state index in [9.17, 15) is 4.79 Å². The number of hydrogen-bond donors (Lipinski definition) is 1. The highest BCUT2D eigenvalue weighted by Crippen LogP contribution is 2.11. The second-order valence-corrected chi connectivity index (χ2v) is 3.79. The summed E-state index contributed by atoms with van der Waals surface area (Å²) in [6.07, 6.45) is 0.0318. The van der Waals surface area contributed by atoms with Gasteiger partial charge in [0.25, 0.3) is 5.56 Å². The molecule has 14 heavy (non-hydrogen) atoms. The van der Waals surface area contributed by atoms with Crippen molar-refractivity contribution in [2.24, 2.45) is 0 Å². The zero-order valence-electron chi connectivity index (χ0n) is 9.00. The Morgan fingerprint density at radius 3 is 2.50 bits per heavy atom. The van der Waals surface area contributed by atoms with Crippen LogP contribution in [0, 0.1) is 0 Å². The van der Waals surface area contributed by atoms with E-state index < -0.39 is 0 Å². The van der Waals surface area contributed by atoms with Crippen LogP contribution in [0.3, 0.4) is 0 Å². The first kappa shape index (κ1) is 10.8. The monoisotopic (exact) mass is 196 g/mol. The Kier molecular flexibility index (Phi) is 3.28. The van der Waals surface area contributed by atoms with Crippen molar-refractivity contribution in [3.63, 3.8) is 0 Å². The van der Waals surface area contributed by atoms with Crippen LogP contribution in [0.15, 0.2) is 10.9 Å². The van der Waals surface area contributed by atoms with E-state index in [1.54, 1.807) is 0 Å². The molecule has 0 atom stereocenters. The van der Waals surface area contributed by atoms with Gasteiger partial charge in [0.05, 0.1) is 12.2 Å². The van der Waals surface area contributed by atoms with Crippen LogP contribution < -0.4 is 10.3 Å². The van der Waals surface area contributed by atoms with Gasteiger partial charge >= 0.3 is 0 Å². The molecule has 78 valence electrons. The van der Waals surface area contributed by atoms with Crippen LogP contribution in [0.4, 0.5) is 0 Å². The summed E-state index contributed by atoms with van der Waals surface area (Å²) in [5, 5.41) is 0. The summed E-state index contributed by atoms with van der Waals surface area (Å²) in [7, 11) is 0. The molecule has 0 aliphatic heterocycles. The van der Waals surface area contributed by atoms with Crippen LogP contribution in [0.25, 0.3) is 0 Å². The van der Waals surface area contributed by atoms with Crippen LogP contribution >= 0.6 is 0 Å². The molecule has 4 nitrogen and oxygen atoms in total. The van der Waals surface area contributed by atoms with Gasteiger partial charge in [0.2, 0.25) is 5.88 Å². The molecule has 0 amide bonds. The number of ether oxygens (including phenoxy) is 1. The molecule has 0 aromatic carbocycles. The van der Waals surface area contributed by atoms with Gasteiger partial charge in [-0.2, -0.15) is 4.98 Å². The predicted octanol–water partition coefficient (Wildman–Crippen LogP) is 1.68. The summed E-state index contributed by atoms with van der Waals surface area (Å²) in [4.78, 5) is 18.1. The summed E-state index contributed by atoms with van der Waals surface area (Å²) in [5.41, 5.74) is -0.167. The lowest BCUT2D eigenvalue weighted by Crippen LogP contribution is -2.15. The third kappa shape index (κ3) is 2.87. The Labute approximate surface area is 83.3 Å². The fourth-order valence-electron chi connectivity index (χ4n) is 1.03. The number of aromatic amines is 1. The van der Waals surface area contributed by atoms with Gasteiger partial charge in [-0.25, -0.2) is 0 Å². The molecule has 0 aliphatic rings. The van der Waals surface area contributed by atoms with Crippen LogP contribution in [0.1, 0.15) is 39.4 Å². The topological polar surface area (TPSA) is 55.0 Å². The van der Waals surface area contributed by atoms with Gasteiger partial charge < -0.3 is 9.72 Å². The molecule has 1 aromatic heterocycles. The number of aromatic nitrogens is 2. The molecule has 0 unspecified atom stereocenters. The minimum atomic E-state index is -0.167. The number of H-pyrrole nitrogens is 1. The fourth-order valence-corrected chi connectivity index (χ4v) is 1.03. The molecular formula is C10H16N2O2. The van der Waals surface area contributed by atoms with Gasteiger partial charge in [0, 0.05) is 5.92 Å². The Hall–Kier alpha value is -1.32. The van der Waals surface area contributed by atoms with Crippen LogP contribution in [-0.2, 0) is 0 Å². The van der Waals surface area contributed by atoms with E-state index in [-0.39, 0.29) is 17.6 Å². The lowest BCUT2D eigenvalue weighted by molar-refractivity contribution is 0.231. The average molecular weight is 196 g/mol. The van der Waals surface area contributed by atoms with E-state index in [1.165, 1.54) is 6.07 Å². The fraction of sp³-hybridized carbons (Fsp3) is 0.600. The van der Waals surface area contributed by atoms with Gasteiger partial charge in [-0.1, -0.05) is 13.8 Å². The zero-order valence-corrected chi connectivity index (χ0v) is 9.00. The van der Waals surface area contributed by atoms with Crippen molar-refractivity contribution in [2.75, 3.05) is 0 Å². The molecule has 1 heterocycles. The van der Waals surface area contributed by atoms with Gasteiger partial charge in [-0.15, -0.1) is 0 Å². The summed E-state index contributed by atoms with van der Waals surface area (Å²) < 4.78 is 5.35. The van der Waals surface area contributed by atoms with Crippen LogP contribution in [0.5, 0.6) is 5.88 Å². The number of nitrogens with zero attached hydrogens (tertiary/aromatic N) is 1. The normalized spacial score (nSPS) is 11.0. The third-order valence-corrected chi connectivity index (χ3v) is 1.64. The second-order valence-electron chi connectivity index (χ2n) is 3.79. The number of rotatable bonds is 3. The van der Waals surface area contributed by atoms with Crippen LogP contribution in [-0.4, -0.2) is 16.1 Å². The van der Waals surface area contributed by atoms with E-state index in [4.69, 9.17) is 4.74 Å². The molecule has 0 fully saturated rings. The molecule has 0 spiro atoms. The second kappa shape index (κ2) is 4.26. The summed E-state index contributed by atoms with van der Waals surface area (Å²) in [6.45, 7) is 7.74. The molecule has 0 aliphatic carbocycles. The van der Waals surface area contributed by atoms with Crippen molar-refractivity contribution in [2.45, 2.75) is 39.7 Å². The van der Waals surface area contributed by atoms with Gasteiger partial charge in [-0.3, -0.25) is 4.79 Å². The minimum Gasteiger partial charge on any atom is -0.475 e. The number of nitrogens with one attached hydrogen (secondary N) is 1. The van der Waals surface area contributed by atoms with Gasteiger partial charge in [0.15, 0.2) is 0 Å². The zero-order chi connectivity index (χ0) is 10.7. The SMILES string of the molecule is CC(C)Oc1cc(=O)[nH]c(C(C)C)n1. The first-order valence-corrected chi connectivity index (χ1v) is 4.77. The summed E-state index contributed by atoms with van der Waals surface area (Å²) in [6, 6.07) is 1.37. The lowest BCUT2D eigenvalue weighted by Gasteiger charge is -2.10. The van der Waals surface area contributed by atoms with E-state index in [0.717, 1.165) is 0 Å². The molecule has 4 heteroatoms. The van der Waals surface area contributed by atoms with E-state index >= 15 is 0 Å². The van der Waals surface area contributed by atoms with Crippen molar-refractivity contribution in [1.29, 1.82) is 0 Å². The Morgan fingerprint density at radius 1 is 1.36 bits per heavy atom. The third-order valence-electron chi connectivity index (χ3n) is 1.64. The van der Waals surface area contributed by atoms with E-state index in [2.05, 4.69) is 9.97 Å². The summed E-state index contributed by atoms with van der Waals surface area (Å²) >= 11 is 0. The first-order chi connectivity index (χ1) is 6.49. The van der Waals surface area contributed by atoms with E-state index in [1.807, 2.05) is 27.7 Å². The molecule has 0 bridgehead atoms. The standard InChI is InChI=1S/C10H16N2O2/c1-6(2)10-11-8(13)5-9(12-10)14-7(3)4/h5-7H,1-4H3,(H,11,12,13).